The van der Waals surface area contributed by atoms with Gasteiger partial charge in [-0.1, -0.05) is 48.5 Å². The van der Waals surface area contributed by atoms with Crippen molar-refractivity contribution >= 4 is 12.0 Å². The molecule has 154 valence electrons. The summed E-state index contributed by atoms with van der Waals surface area (Å²) in [6.07, 6.45) is -0.582. The van der Waals surface area contributed by atoms with Gasteiger partial charge in [0, 0.05) is 5.92 Å². The van der Waals surface area contributed by atoms with E-state index in [0.29, 0.717) is 6.54 Å². The first-order valence-corrected chi connectivity index (χ1v) is 9.96. The van der Waals surface area contributed by atoms with Gasteiger partial charge in [-0.05, 0) is 29.2 Å². The van der Waals surface area contributed by atoms with Gasteiger partial charge in [-0.15, -0.1) is 0 Å². The number of amides is 2. The SMILES string of the molecule is C[C@H](NC(=O)OCC1c2ccccc2-c2ccccc21)C(=O)NCC[N+](C)(C)C. The molecule has 2 N–H and O–H groups in total. The lowest BCUT2D eigenvalue weighted by molar-refractivity contribution is -0.869. The average molecular weight is 397 g/mol. The van der Waals surface area contributed by atoms with Crippen molar-refractivity contribution in [3.8, 4) is 11.1 Å². The molecule has 0 heterocycles. The van der Waals surface area contributed by atoms with E-state index < -0.39 is 12.1 Å². The van der Waals surface area contributed by atoms with Gasteiger partial charge in [0.05, 0.1) is 34.2 Å². The molecular weight excluding hydrogens is 366 g/mol. The molecule has 6 heteroatoms. The number of carbonyl (C=O) groups is 2. The molecule has 0 saturated carbocycles. The van der Waals surface area contributed by atoms with Gasteiger partial charge < -0.3 is 19.9 Å². The van der Waals surface area contributed by atoms with Crippen LogP contribution in [0.1, 0.15) is 24.0 Å². The first kappa shape index (κ1) is 20.9. The van der Waals surface area contributed by atoms with E-state index in [1.807, 2.05) is 24.3 Å². The number of likely N-dealkylation sites (N-methyl/N-ethyl adjacent to an activating group) is 1. The van der Waals surface area contributed by atoms with Crippen LogP contribution in [0, 0.1) is 0 Å². The number of fused-ring (bicyclic) bond motifs is 3. The summed E-state index contributed by atoms with van der Waals surface area (Å²) in [7, 11) is 6.18. The molecule has 29 heavy (non-hydrogen) atoms. The van der Waals surface area contributed by atoms with Crippen LogP contribution >= 0.6 is 0 Å². The molecule has 0 aliphatic heterocycles. The molecule has 2 amide bonds. The van der Waals surface area contributed by atoms with E-state index in [0.717, 1.165) is 22.2 Å². The fourth-order valence-corrected chi connectivity index (χ4v) is 3.55. The summed E-state index contributed by atoms with van der Waals surface area (Å²) in [4.78, 5) is 24.4. The number of nitrogens with zero attached hydrogens (tertiary/aromatic N) is 1. The standard InChI is InChI=1S/C23H29N3O3/c1-16(22(27)24-13-14-26(2,3)4)25-23(28)29-15-21-19-11-7-5-9-17(19)18-10-6-8-12-20(18)21/h5-12,16,21H,13-15H2,1-4H3,(H-,24,25,27,28)/p+1/t16-/m0/s1. The van der Waals surface area contributed by atoms with Crippen LogP contribution in [0.15, 0.2) is 48.5 Å². The number of hydrogen-bond donors (Lipinski definition) is 2. The third-order valence-corrected chi connectivity index (χ3v) is 5.15. The second-order valence-electron chi connectivity index (χ2n) is 8.50. The molecule has 0 saturated heterocycles. The van der Waals surface area contributed by atoms with Crippen molar-refractivity contribution < 1.29 is 18.8 Å². The Labute approximate surface area is 172 Å². The first-order chi connectivity index (χ1) is 13.8. The monoisotopic (exact) mass is 396 g/mol. The lowest BCUT2D eigenvalue weighted by atomic mass is 9.98. The molecule has 0 unspecified atom stereocenters. The van der Waals surface area contributed by atoms with Crippen molar-refractivity contribution in [1.82, 2.24) is 10.6 Å². The number of nitrogens with one attached hydrogen (secondary N) is 2. The Morgan fingerprint density at radius 3 is 2.10 bits per heavy atom. The highest BCUT2D eigenvalue weighted by molar-refractivity contribution is 5.85. The molecule has 1 aliphatic carbocycles. The molecule has 2 aromatic rings. The topological polar surface area (TPSA) is 67.4 Å². The number of ether oxygens (including phenoxy) is 1. The highest BCUT2D eigenvalue weighted by Gasteiger charge is 2.29. The smallest absolute Gasteiger partial charge is 0.407 e. The number of quaternary nitrogens is 1. The Kier molecular flexibility index (Phi) is 6.23. The molecule has 0 spiro atoms. The summed E-state index contributed by atoms with van der Waals surface area (Å²) >= 11 is 0. The normalized spacial score (nSPS) is 13.9. The third-order valence-electron chi connectivity index (χ3n) is 5.15. The maximum atomic E-state index is 12.3. The maximum Gasteiger partial charge on any atom is 0.407 e. The quantitative estimate of drug-likeness (QED) is 0.707. The van der Waals surface area contributed by atoms with Crippen LogP contribution in [-0.4, -0.2) is 63.4 Å². The Morgan fingerprint density at radius 2 is 1.55 bits per heavy atom. The van der Waals surface area contributed by atoms with E-state index in [2.05, 4.69) is 56.0 Å². The van der Waals surface area contributed by atoms with Gasteiger partial charge in [0.15, 0.2) is 0 Å². The minimum atomic E-state index is -0.655. The number of hydrogen-bond acceptors (Lipinski definition) is 3. The highest BCUT2D eigenvalue weighted by Crippen LogP contribution is 2.44. The zero-order chi connectivity index (χ0) is 21.0. The molecule has 1 atom stereocenters. The number of carbonyl (C=O) groups excluding carboxylic acids is 2. The van der Waals surface area contributed by atoms with Gasteiger partial charge in [0.25, 0.3) is 0 Å². The Bertz CT molecular complexity index is 843. The molecule has 0 aromatic heterocycles. The molecular formula is C23H30N3O3+. The van der Waals surface area contributed by atoms with Crippen LogP contribution in [0.4, 0.5) is 4.79 Å². The molecule has 0 bridgehead atoms. The van der Waals surface area contributed by atoms with Gasteiger partial charge in [-0.2, -0.15) is 0 Å². The van der Waals surface area contributed by atoms with E-state index in [4.69, 9.17) is 4.74 Å². The van der Waals surface area contributed by atoms with E-state index in [-0.39, 0.29) is 18.4 Å². The summed E-state index contributed by atoms with van der Waals surface area (Å²) in [5.74, 6) is -0.214. The molecule has 1 aliphatic rings. The van der Waals surface area contributed by atoms with E-state index in [1.165, 1.54) is 11.1 Å². The predicted molar refractivity (Wildman–Crippen MR) is 114 cm³/mol. The summed E-state index contributed by atoms with van der Waals surface area (Å²) in [5, 5.41) is 5.46. The minimum Gasteiger partial charge on any atom is -0.449 e. The van der Waals surface area contributed by atoms with E-state index in [9.17, 15) is 9.59 Å². The van der Waals surface area contributed by atoms with Crippen LogP contribution in [0.25, 0.3) is 11.1 Å². The van der Waals surface area contributed by atoms with Gasteiger partial charge in [0.1, 0.15) is 12.6 Å². The van der Waals surface area contributed by atoms with Crippen LogP contribution in [0.5, 0.6) is 0 Å². The minimum absolute atomic E-state index is 0.00170. The zero-order valence-corrected chi connectivity index (χ0v) is 17.6. The van der Waals surface area contributed by atoms with Crippen LogP contribution < -0.4 is 10.6 Å². The van der Waals surface area contributed by atoms with Crippen LogP contribution in [0.3, 0.4) is 0 Å². The zero-order valence-electron chi connectivity index (χ0n) is 17.6. The van der Waals surface area contributed by atoms with E-state index in [1.54, 1.807) is 6.92 Å². The van der Waals surface area contributed by atoms with Crippen LogP contribution in [0.2, 0.25) is 0 Å². The fourth-order valence-electron chi connectivity index (χ4n) is 3.55. The lowest BCUT2D eigenvalue weighted by Gasteiger charge is -2.24. The van der Waals surface area contributed by atoms with Crippen molar-refractivity contribution in [2.75, 3.05) is 40.8 Å². The number of rotatable bonds is 7. The first-order valence-electron chi connectivity index (χ1n) is 9.96. The highest BCUT2D eigenvalue weighted by atomic mass is 16.5. The Morgan fingerprint density at radius 1 is 1.00 bits per heavy atom. The molecule has 2 aromatic carbocycles. The van der Waals surface area contributed by atoms with Crippen molar-refractivity contribution in [1.29, 1.82) is 0 Å². The number of benzene rings is 2. The Hall–Kier alpha value is -2.86. The summed E-state index contributed by atoms with van der Waals surface area (Å²) < 4.78 is 6.24. The summed E-state index contributed by atoms with van der Waals surface area (Å²) in [5.41, 5.74) is 4.68. The Balaban J connectivity index is 1.54. The maximum absolute atomic E-state index is 12.3. The second kappa shape index (κ2) is 8.66. The lowest BCUT2D eigenvalue weighted by Crippen LogP contribution is -2.48. The van der Waals surface area contributed by atoms with Gasteiger partial charge in [0.2, 0.25) is 5.91 Å². The molecule has 0 radical (unpaired) electrons. The van der Waals surface area contributed by atoms with Crippen molar-refractivity contribution in [3.63, 3.8) is 0 Å². The molecule has 6 nitrogen and oxygen atoms in total. The number of alkyl carbamates (subject to hydrolysis) is 1. The summed E-state index contributed by atoms with van der Waals surface area (Å²) in [6, 6.07) is 15.7. The second-order valence-corrected chi connectivity index (χ2v) is 8.50. The van der Waals surface area contributed by atoms with Crippen molar-refractivity contribution in [2.45, 2.75) is 18.9 Å². The predicted octanol–water partition coefficient (Wildman–Crippen LogP) is 2.74. The van der Waals surface area contributed by atoms with Crippen molar-refractivity contribution in [3.05, 3.63) is 59.7 Å². The molecule has 0 fully saturated rings. The summed E-state index contributed by atoms with van der Waals surface area (Å²) in [6.45, 7) is 3.25. The fraction of sp³-hybridized carbons (Fsp3) is 0.391. The van der Waals surface area contributed by atoms with Gasteiger partial charge >= 0.3 is 6.09 Å². The van der Waals surface area contributed by atoms with Gasteiger partial charge in [-0.3, -0.25) is 4.79 Å². The van der Waals surface area contributed by atoms with Crippen LogP contribution in [-0.2, 0) is 9.53 Å². The van der Waals surface area contributed by atoms with E-state index >= 15 is 0 Å². The average Bonchev–Trinajstić information content (AvgIpc) is 2.99. The van der Waals surface area contributed by atoms with Crippen molar-refractivity contribution in [2.24, 2.45) is 0 Å². The molecule has 3 rings (SSSR count). The van der Waals surface area contributed by atoms with Gasteiger partial charge in [-0.25, -0.2) is 4.79 Å². The largest absolute Gasteiger partial charge is 0.449 e. The third kappa shape index (κ3) is 5.15.